The Labute approximate surface area is 83.9 Å². The van der Waals surface area contributed by atoms with E-state index >= 15 is 0 Å². The quantitative estimate of drug-likeness (QED) is 0.583. The monoisotopic (exact) mass is 190 g/mol. The number of carbonyl (C=O) groups excluding carboxylic acids is 1. The third kappa shape index (κ3) is 2.82. The van der Waals surface area contributed by atoms with E-state index in [0.717, 1.165) is 0 Å². The summed E-state index contributed by atoms with van der Waals surface area (Å²) in [6.45, 7) is 5.31. The van der Waals surface area contributed by atoms with Gasteiger partial charge in [-0.3, -0.25) is 4.79 Å². The van der Waals surface area contributed by atoms with Gasteiger partial charge < -0.3 is 5.11 Å². The molecular formula is C12H14O2. The van der Waals surface area contributed by atoms with E-state index in [1.54, 1.807) is 31.2 Å². The molecular weight excluding hydrogens is 176 g/mol. The van der Waals surface area contributed by atoms with Crippen molar-refractivity contribution in [1.82, 2.24) is 0 Å². The molecule has 1 aromatic rings. The van der Waals surface area contributed by atoms with Crippen LogP contribution in [-0.2, 0) is 0 Å². The lowest BCUT2D eigenvalue weighted by atomic mass is 10.0. The summed E-state index contributed by atoms with van der Waals surface area (Å²) in [5.74, 6) is -0.0545. The minimum absolute atomic E-state index is 0.0545. The Morgan fingerprint density at radius 3 is 2.50 bits per heavy atom. The summed E-state index contributed by atoms with van der Waals surface area (Å²) in [4.78, 5) is 11.6. The predicted octanol–water partition coefficient (Wildman–Crippen LogP) is 2.20. The minimum atomic E-state index is -0.734. The van der Waals surface area contributed by atoms with Crippen LogP contribution in [0.2, 0.25) is 0 Å². The number of aliphatic hydroxyl groups excluding tert-OH is 1. The van der Waals surface area contributed by atoms with E-state index in [2.05, 4.69) is 6.58 Å². The average molecular weight is 190 g/mol. The second kappa shape index (κ2) is 4.72. The van der Waals surface area contributed by atoms with Gasteiger partial charge in [-0.05, 0) is 6.92 Å². The van der Waals surface area contributed by atoms with Crippen LogP contribution in [0.3, 0.4) is 0 Å². The summed E-state index contributed by atoms with van der Waals surface area (Å²) >= 11 is 0. The van der Waals surface area contributed by atoms with Crippen LogP contribution in [0.4, 0.5) is 0 Å². The van der Waals surface area contributed by atoms with Crippen LogP contribution in [0.25, 0.3) is 0 Å². The lowest BCUT2D eigenvalue weighted by Gasteiger charge is -2.08. The maximum absolute atomic E-state index is 11.6. The molecule has 0 bridgehead atoms. The van der Waals surface area contributed by atoms with Crippen LogP contribution < -0.4 is 0 Å². The number of benzene rings is 1. The molecule has 0 heterocycles. The Hall–Kier alpha value is -1.41. The summed E-state index contributed by atoms with van der Waals surface area (Å²) in [7, 11) is 0. The number of rotatable bonds is 4. The molecule has 1 aromatic carbocycles. The highest BCUT2D eigenvalue weighted by molar-refractivity contribution is 5.96. The predicted molar refractivity (Wildman–Crippen MR) is 56.2 cm³/mol. The van der Waals surface area contributed by atoms with Gasteiger partial charge in [0.25, 0.3) is 0 Å². The fourth-order valence-electron chi connectivity index (χ4n) is 1.09. The van der Waals surface area contributed by atoms with Gasteiger partial charge in [-0.2, -0.15) is 0 Å². The topological polar surface area (TPSA) is 37.3 Å². The van der Waals surface area contributed by atoms with E-state index in [1.165, 1.54) is 0 Å². The maximum atomic E-state index is 11.6. The van der Waals surface area contributed by atoms with Gasteiger partial charge in [-0.15, -0.1) is 0 Å². The van der Waals surface area contributed by atoms with Crippen LogP contribution in [0.1, 0.15) is 23.7 Å². The number of carbonyl (C=O) groups is 1. The number of aliphatic hydroxyl groups is 1. The first-order valence-corrected chi connectivity index (χ1v) is 4.53. The van der Waals surface area contributed by atoms with E-state index in [9.17, 15) is 9.90 Å². The zero-order valence-electron chi connectivity index (χ0n) is 8.23. The van der Waals surface area contributed by atoms with Crippen molar-refractivity contribution in [2.75, 3.05) is 0 Å². The molecule has 2 nitrogen and oxygen atoms in total. The van der Waals surface area contributed by atoms with Gasteiger partial charge in [0, 0.05) is 12.0 Å². The second-order valence-corrected chi connectivity index (χ2v) is 3.36. The van der Waals surface area contributed by atoms with Crippen LogP contribution in [0.5, 0.6) is 0 Å². The van der Waals surface area contributed by atoms with Crippen molar-refractivity contribution in [3.8, 4) is 0 Å². The highest BCUT2D eigenvalue weighted by atomic mass is 16.3. The number of hydrogen-bond acceptors (Lipinski definition) is 2. The first kappa shape index (κ1) is 10.7. The van der Waals surface area contributed by atoms with Crippen molar-refractivity contribution in [3.05, 3.63) is 48.0 Å². The number of ketones is 1. The highest BCUT2D eigenvalue weighted by Crippen LogP contribution is 2.09. The van der Waals surface area contributed by atoms with Crippen molar-refractivity contribution in [3.63, 3.8) is 0 Å². The van der Waals surface area contributed by atoms with Gasteiger partial charge in [0.15, 0.2) is 5.78 Å². The molecule has 0 spiro atoms. The summed E-state index contributed by atoms with van der Waals surface area (Å²) in [6.07, 6.45) is -0.623. The van der Waals surface area contributed by atoms with Crippen molar-refractivity contribution in [2.45, 2.75) is 19.4 Å². The van der Waals surface area contributed by atoms with Crippen molar-refractivity contribution in [1.29, 1.82) is 0 Å². The molecule has 0 aliphatic carbocycles. The normalized spacial score (nSPS) is 12.1. The van der Waals surface area contributed by atoms with Gasteiger partial charge in [0.1, 0.15) is 0 Å². The number of hydrogen-bond donors (Lipinski definition) is 1. The molecule has 0 unspecified atom stereocenters. The van der Waals surface area contributed by atoms with Gasteiger partial charge in [0.05, 0.1) is 6.10 Å². The zero-order chi connectivity index (χ0) is 10.6. The van der Waals surface area contributed by atoms with E-state index in [1.807, 2.05) is 6.07 Å². The molecule has 0 radical (unpaired) electrons. The second-order valence-electron chi connectivity index (χ2n) is 3.36. The van der Waals surface area contributed by atoms with Crippen molar-refractivity contribution in [2.24, 2.45) is 0 Å². The Balaban J connectivity index is 2.64. The molecule has 1 N–H and O–H groups in total. The maximum Gasteiger partial charge on any atom is 0.165 e. The number of Topliss-reactive ketones (excluding diaryl/α,β-unsaturated/α-hetero) is 1. The molecule has 0 aliphatic rings. The van der Waals surface area contributed by atoms with E-state index in [4.69, 9.17) is 0 Å². The molecule has 0 aromatic heterocycles. The van der Waals surface area contributed by atoms with Gasteiger partial charge in [-0.1, -0.05) is 42.5 Å². The Bertz CT molecular complexity index is 327. The molecule has 14 heavy (non-hydrogen) atoms. The molecule has 0 amide bonds. The van der Waals surface area contributed by atoms with E-state index < -0.39 is 6.10 Å². The Morgan fingerprint density at radius 2 is 2.00 bits per heavy atom. The van der Waals surface area contributed by atoms with Crippen LogP contribution in [0, 0.1) is 0 Å². The Morgan fingerprint density at radius 1 is 1.43 bits per heavy atom. The van der Waals surface area contributed by atoms with Crippen molar-refractivity contribution < 1.29 is 9.90 Å². The molecule has 2 heteroatoms. The van der Waals surface area contributed by atoms with Crippen LogP contribution >= 0.6 is 0 Å². The summed E-state index contributed by atoms with van der Waals surface area (Å²) in [6, 6.07) is 8.95. The summed E-state index contributed by atoms with van der Waals surface area (Å²) in [5.41, 5.74) is 1.25. The average Bonchev–Trinajstić information content (AvgIpc) is 2.19. The molecule has 0 saturated heterocycles. The molecule has 1 atom stereocenters. The van der Waals surface area contributed by atoms with Crippen molar-refractivity contribution >= 4 is 5.78 Å². The molecule has 74 valence electrons. The lowest BCUT2D eigenvalue weighted by Crippen LogP contribution is -2.14. The highest BCUT2D eigenvalue weighted by Gasteiger charge is 2.12. The van der Waals surface area contributed by atoms with Gasteiger partial charge in [-0.25, -0.2) is 0 Å². The SMILES string of the molecule is C=C(C)[C@@H](O)CC(=O)c1ccccc1. The minimum Gasteiger partial charge on any atom is -0.388 e. The zero-order valence-corrected chi connectivity index (χ0v) is 8.23. The van der Waals surface area contributed by atoms with Crippen LogP contribution in [-0.4, -0.2) is 17.0 Å². The molecule has 0 aliphatic heterocycles. The Kier molecular flexibility index (Phi) is 3.60. The smallest absolute Gasteiger partial charge is 0.165 e. The third-order valence-corrected chi connectivity index (χ3v) is 2.04. The first-order chi connectivity index (χ1) is 6.61. The van der Waals surface area contributed by atoms with E-state index in [0.29, 0.717) is 11.1 Å². The summed E-state index contributed by atoms with van der Waals surface area (Å²) in [5, 5.41) is 9.44. The summed E-state index contributed by atoms with van der Waals surface area (Å²) < 4.78 is 0. The van der Waals surface area contributed by atoms with Gasteiger partial charge >= 0.3 is 0 Å². The molecule has 1 rings (SSSR count). The fourth-order valence-corrected chi connectivity index (χ4v) is 1.09. The van der Waals surface area contributed by atoms with Crippen LogP contribution in [0.15, 0.2) is 42.5 Å². The first-order valence-electron chi connectivity index (χ1n) is 4.53. The standard InChI is InChI=1S/C12H14O2/c1-9(2)11(13)8-12(14)10-6-4-3-5-7-10/h3-7,11,13H,1,8H2,2H3/t11-/m0/s1. The molecule has 0 saturated carbocycles. The fraction of sp³-hybridized carbons (Fsp3) is 0.250. The van der Waals surface area contributed by atoms with E-state index in [-0.39, 0.29) is 12.2 Å². The third-order valence-electron chi connectivity index (χ3n) is 2.04. The molecule has 0 fully saturated rings. The van der Waals surface area contributed by atoms with Gasteiger partial charge in [0.2, 0.25) is 0 Å². The largest absolute Gasteiger partial charge is 0.388 e. The lowest BCUT2D eigenvalue weighted by molar-refractivity contribution is 0.0914.